The number of carbonyl (C=O) groups excluding carboxylic acids is 1. The van der Waals surface area contributed by atoms with Crippen molar-refractivity contribution in [2.24, 2.45) is 0 Å². The summed E-state index contributed by atoms with van der Waals surface area (Å²) < 4.78 is 12.6. The normalized spacial score (nSPS) is 14.8. The molecular weight excluding hydrogens is 472 g/mol. The molecule has 1 amide bonds. The molecule has 10 heteroatoms. The van der Waals surface area contributed by atoms with E-state index in [1.807, 2.05) is 31.2 Å². The number of nitrogens with one attached hydrogen (secondary N) is 1. The minimum atomic E-state index is -0.256. The number of hydrogen-bond donors (Lipinski definition) is 1. The van der Waals surface area contributed by atoms with Crippen LogP contribution in [0.1, 0.15) is 16.7 Å². The van der Waals surface area contributed by atoms with E-state index < -0.39 is 0 Å². The van der Waals surface area contributed by atoms with Crippen LogP contribution in [0.5, 0.6) is 11.5 Å². The first-order valence-electron chi connectivity index (χ1n) is 10.5. The summed E-state index contributed by atoms with van der Waals surface area (Å²) in [6.07, 6.45) is 3.83. The second-order valence-corrected chi connectivity index (χ2v) is 9.26. The van der Waals surface area contributed by atoms with Gasteiger partial charge in [-0.25, -0.2) is 4.98 Å². The third-order valence-electron chi connectivity index (χ3n) is 5.54. The van der Waals surface area contributed by atoms with Crippen LogP contribution in [0, 0.1) is 6.92 Å². The molecule has 1 fully saturated rings. The lowest BCUT2D eigenvalue weighted by Gasteiger charge is -2.15. The molecule has 2 aromatic heterocycles. The number of nitrogens with zero attached hydrogens (tertiary/aromatic N) is 3. The zero-order valence-electron chi connectivity index (χ0n) is 19.2. The van der Waals surface area contributed by atoms with E-state index in [4.69, 9.17) is 21.7 Å². The molecule has 4 rings (SSSR count). The molecule has 1 aliphatic heterocycles. The number of ether oxygens (including phenoxy) is 2. The largest absolute Gasteiger partial charge is 0.493 e. The van der Waals surface area contributed by atoms with E-state index in [9.17, 15) is 9.59 Å². The number of carbonyl (C=O) groups is 1. The molecule has 3 heterocycles. The van der Waals surface area contributed by atoms with Gasteiger partial charge in [-0.3, -0.25) is 18.9 Å². The van der Waals surface area contributed by atoms with E-state index in [0.29, 0.717) is 50.7 Å². The second-order valence-electron chi connectivity index (χ2n) is 7.59. The van der Waals surface area contributed by atoms with Gasteiger partial charge in [-0.2, -0.15) is 0 Å². The van der Waals surface area contributed by atoms with Crippen LogP contribution in [-0.2, 0) is 11.2 Å². The molecule has 0 spiro atoms. The predicted octanol–water partition coefficient (Wildman–Crippen LogP) is 3.51. The summed E-state index contributed by atoms with van der Waals surface area (Å²) in [5.41, 5.74) is 2.49. The molecule has 176 valence electrons. The lowest BCUT2D eigenvalue weighted by atomic mass is 10.1. The lowest BCUT2D eigenvalue weighted by molar-refractivity contribution is -0.122. The Balaban J connectivity index is 1.61. The first-order chi connectivity index (χ1) is 16.4. The fourth-order valence-electron chi connectivity index (χ4n) is 3.73. The minimum Gasteiger partial charge on any atom is -0.493 e. The maximum Gasteiger partial charge on any atom is 0.267 e. The topological polar surface area (TPSA) is 85.2 Å². The SMILES string of the molecule is CNc1nc2c(C)cccn2c(=O)c1/C=C1/SC(=S)N(CCc2ccc(OC)c(OC)c2)C1=O. The van der Waals surface area contributed by atoms with Gasteiger partial charge >= 0.3 is 0 Å². The van der Waals surface area contributed by atoms with Gasteiger partial charge in [0.05, 0.1) is 24.7 Å². The Bertz CT molecular complexity index is 1380. The van der Waals surface area contributed by atoms with E-state index in [1.54, 1.807) is 44.5 Å². The zero-order chi connectivity index (χ0) is 24.4. The average molecular weight is 497 g/mol. The molecule has 0 aliphatic carbocycles. The van der Waals surface area contributed by atoms with Crippen molar-refractivity contribution in [1.29, 1.82) is 0 Å². The van der Waals surface area contributed by atoms with Crippen molar-refractivity contribution in [2.45, 2.75) is 13.3 Å². The van der Waals surface area contributed by atoms with Gasteiger partial charge in [0.15, 0.2) is 11.5 Å². The maximum absolute atomic E-state index is 13.2. The van der Waals surface area contributed by atoms with Gasteiger partial charge < -0.3 is 14.8 Å². The van der Waals surface area contributed by atoms with Crippen LogP contribution in [0.2, 0.25) is 0 Å². The molecule has 1 aliphatic rings. The van der Waals surface area contributed by atoms with Crippen LogP contribution in [0.3, 0.4) is 0 Å². The number of hydrogen-bond acceptors (Lipinski definition) is 8. The van der Waals surface area contributed by atoms with Crippen molar-refractivity contribution < 1.29 is 14.3 Å². The number of thioether (sulfide) groups is 1. The summed E-state index contributed by atoms with van der Waals surface area (Å²) in [6.45, 7) is 2.30. The summed E-state index contributed by atoms with van der Waals surface area (Å²) >= 11 is 6.65. The Kier molecular flexibility index (Phi) is 6.90. The first-order valence-corrected chi connectivity index (χ1v) is 11.8. The van der Waals surface area contributed by atoms with Gasteiger partial charge in [-0.1, -0.05) is 36.1 Å². The Morgan fingerprint density at radius 2 is 1.94 bits per heavy atom. The molecule has 1 N–H and O–H groups in total. The summed E-state index contributed by atoms with van der Waals surface area (Å²) in [6, 6.07) is 9.33. The average Bonchev–Trinajstić information content (AvgIpc) is 3.11. The molecule has 0 saturated carbocycles. The second kappa shape index (κ2) is 9.86. The molecule has 1 aromatic carbocycles. The van der Waals surface area contributed by atoms with E-state index >= 15 is 0 Å². The van der Waals surface area contributed by atoms with E-state index in [0.717, 1.165) is 11.1 Å². The van der Waals surface area contributed by atoms with Crippen molar-refractivity contribution in [3.05, 3.63) is 68.5 Å². The first kappa shape index (κ1) is 23.8. The van der Waals surface area contributed by atoms with Crippen molar-refractivity contribution in [3.63, 3.8) is 0 Å². The number of benzene rings is 1. The quantitative estimate of drug-likeness (QED) is 0.393. The summed E-state index contributed by atoms with van der Waals surface area (Å²) in [7, 11) is 4.86. The fraction of sp³-hybridized carbons (Fsp3) is 0.250. The van der Waals surface area contributed by atoms with Gasteiger partial charge in [0, 0.05) is 19.8 Å². The molecule has 34 heavy (non-hydrogen) atoms. The van der Waals surface area contributed by atoms with E-state index in [1.165, 1.54) is 16.2 Å². The minimum absolute atomic E-state index is 0.230. The van der Waals surface area contributed by atoms with Crippen LogP contribution < -0.4 is 20.3 Å². The highest BCUT2D eigenvalue weighted by Crippen LogP contribution is 2.34. The zero-order valence-corrected chi connectivity index (χ0v) is 20.9. The van der Waals surface area contributed by atoms with E-state index in [2.05, 4.69) is 10.3 Å². The number of rotatable bonds is 7. The van der Waals surface area contributed by atoms with Gasteiger partial charge in [0.2, 0.25) is 0 Å². The number of amides is 1. The highest BCUT2D eigenvalue weighted by Gasteiger charge is 2.32. The highest BCUT2D eigenvalue weighted by atomic mass is 32.2. The van der Waals surface area contributed by atoms with Crippen molar-refractivity contribution in [1.82, 2.24) is 14.3 Å². The number of thiocarbonyl (C=S) groups is 1. The summed E-state index contributed by atoms with van der Waals surface area (Å²) in [5.74, 6) is 1.45. The van der Waals surface area contributed by atoms with Crippen LogP contribution in [0.25, 0.3) is 11.7 Å². The van der Waals surface area contributed by atoms with Crippen molar-refractivity contribution in [3.8, 4) is 11.5 Å². The lowest BCUT2D eigenvalue weighted by Crippen LogP contribution is -2.30. The molecule has 1 saturated heterocycles. The van der Waals surface area contributed by atoms with Crippen LogP contribution in [-0.4, -0.2) is 52.3 Å². The Morgan fingerprint density at radius 1 is 1.18 bits per heavy atom. The van der Waals surface area contributed by atoms with Crippen LogP contribution >= 0.6 is 24.0 Å². The van der Waals surface area contributed by atoms with Gasteiger partial charge in [0.25, 0.3) is 11.5 Å². The highest BCUT2D eigenvalue weighted by molar-refractivity contribution is 8.26. The molecule has 0 unspecified atom stereocenters. The predicted molar refractivity (Wildman–Crippen MR) is 139 cm³/mol. The Morgan fingerprint density at radius 3 is 2.65 bits per heavy atom. The Labute approximate surface area is 206 Å². The number of fused-ring (bicyclic) bond motifs is 1. The number of aryl methyl sites for hydroxylation is 1. The molecule has 0 atom stereocenters. The van der Waals surface area contributed by atoms with Crippen molar-refractivity contribution in [2.75, 3.05) is 33.1 Å². The smallest absolute Gasteiger partial charge is 0.267 e. The number of pyridine rings is 1. The summed E-state index contributed by atoms with van der Waals surface area (Å²) in [4.78, 5) is 32.9. The van der Waals surface area contributed by atoms with Gasteiger partial charge in [-0.05, 0) is 48.7 Å². The van der Waals surface area contributed by atoms with Crippen molar-refractivity contribution >= 4 is 51.7 Å². The van der Waals surface area contributed by atoms with Crippen LogP contribution in [0.4, 0.5) is 5.82 Å². The molecule has 0 bridgehead atoms. The summed E-state index contributed by atoms with van der Waals surface area (Å²) in [5, 5.41) is 2.98. The molecular formula is C24H24N4O4S2. The third-order valence-corrected chi connectivity index (χ3v) is 6.92. The molecule has 0 radical (unpaired) electrons. The third kappa shape index (κ3) is 4.38. The van der Waals surface area contributed by atoms with E-state index in [-0.39, 0.29) is 11.5 Å². The Hall–Kier alpha value is -3.37. The van der Waals surface area contributed by atoms with Gasteiger partial charge in [-0.15, -0.1) is 0 Å². The fourth-order valence-corrected chi connectivity index (χ4v) is 5.02. The number of anilines is 1. The monoisotopic (exact) mass is 496 g/mol. The molecule has 3 aromatic rings. The molecule has 8 nitrogen and oxygen atoms in total. The maximum atomic E-state index is 13.2. The standard InChI is InChI=1S/C24H24N4O4S2/c1-14-6-5-10-27-21(14)26-20(25-2)16(22(27)29)13-19-23(30)28(24(33)34-19)11-9-15-7-8-17(31-3)18(12-15)32-4/h5-8,10,12-13,25H,9,11H2,1-4H3/b19-13+. The van der Waals surface area contributed by atoms with Gasteiger partial charge in [0.1, 0.15) is 15.8 Å². The number of methoxy groups -OCH3 is 2. The number of aromatic nitrogens is 2. The van der Waals surface area contributed by atoms with Crippen LogP contribution in [0.15, 0.2) is 46.2 Å².